The fraction of sp³-hybridized carbons (Fsp3) is 0.214. The summed E-state index contributed by atoms with van der Waals surface area (Å²) in [4.78, 5) is 14.7. The van der Waals surface area contributed by atoms with Crippen LogP contribution in [-0.2, 0) is 0 Å². The summed E-state index contributed by atoms with van der Waals surface area (Å²) in [6.45, 7) is 4.77. The van der Waals surface area contributed by atoms with E-state index in [2.05, 4.69) is 20.3 Å². The number of hydrogen-bond acceptors (Lipinski definition) is 5. The van der Waals surface area contributed by atoms with E-state index in [1.165, 1.54) is 6.20 Å². The lowest BCUT2D eigenvalue weighted by Crippen LogP contribution is -2.02. The van der Waals surface area contributed by atoms with Gasteiger partial charge in [0.1, 0.15) is 10.6 Å². The number of nitrogens with one attached hydrogen (secondary N) is 1. The normalized spacial score (nSPS) is 10.9. The number of halogens is 1. The smallest absolute Gasteiger partial charge is 0.166 e. The van der Waals surface area contributed by atoms with E-state index < -0.39 is 5.82 Å². The van der Waals surface area contributed by atoms with Gasteiger partial charge < -0.3 is 5.32 Å². The second-order valence-corrected chi connectivity index (χ2v) is 5.59. The molecule has 0 saturated heterocycles. The van der Waals surface area contributed by atoms with Crippen molar-refractivity contribution in [3.05, 3.63) is 35.2 Å². The number of thiophene rings is 1. The Labute approximate surface area is 119 Å². The first-order valence-corrected chi connectivity index (χ1v) is 7.12. The van der Waals surface area contributed by atoms with Gasteiger partial charge in [-0.25, -0.2) is 14.4 Å². The minimum absolute atomic E-state index is 0.368. The van der Waals surface area contributed by atoms with Crippen molar-refractivity contribution in [3.63, 3.8) is 0 Å². The highest BCUT2D eigenvalue weighted by molar-refractivity contribution is 7.18. The third-order valence-corrected chi connectivity index (χ3v) is 3.82. The minimum atomic E-state index is -0.414. The summed E-state index contributed by atoms with van der Waals surface area (Å²) in [6.07, 6.45) is 2.72. The van der Waals surface area contributed by atoms with Gasteiger partial charge in [-0.3, -0.25) is 4.98 Å². The van der Waals surface area contributed by atoms with Crippen molar-refractivity contribution in [3.8, 4) is 11.4 Å². The molecule has 3 heterocycles. The van der Waals surface area contributed by atoms with Crippen molar-refractivity contribution >= 4 is 27.4 Å². The number of aromatic nitrogens is 3. The molecule has 4 nitrogen and oxygen atoms in total. The number of pyridine rings is 1. The maximum absolute atomic E-state index is 13.8. The molecule has 6 heteroatoms. The Kier molecular flexibility index (Phi) is 3.31. The second-order valence-electron chi connectivity index (χ2n) is 4.36. The zero-order valence-corrected chi connectivity index (χ0v) is 12.0. The maximum atomic E-state index is 13.8. The number of rotatable bonds is 3. The van der Waals surface area contributed by atoms with E-state index in [9.17, 15) is 4.39 Å². The van der Waals surface area contributed by atoms with Crippen LogP contribution in [0.15, 0.2) is 24.5 Å². The van der Waals surface area contributed by atoms with E-state index in [0.29, 0.717) is 11.4 Å². The molecule has 0 amide bonds. The number of hydrogen-bond donors (Lipinski definition) is 1. The molecule has 20 heavy (non-hydrogen) atoms. The molecule has 0 aliphatic heterocycles. The van der Waals surface area contributed by atoms with E-state index in [1.807, 2.05) is 19.9 Å². The van der Waals surface area contributed by atoms with Crippen LogP contribution in [0.2, 0.25) is 0 Å². The van der Waals surface area contributed by atoms with Crippen molar-refractivity contribution in [2.24, 2.45) is 0 Å². The van der Waals surface area contributed by atoms with E-state index in [1.54, 1.807) is 23.6 Å². The first-order valence-electron chi connectivity index (χ1n) is 6.31. The van der Waals surface area contributed by atoms with E-state index in [0.717, 1.165) is 27.5 Å². The molecule has 0 saturated carbocycles. The Hall–Kier alpha value is -2.08. The Morgan fingerprint density at radius 2 is 2.20 bits per heavy atom. The van der Waals surface area contributed by atoms with E-state index in [-0.39, 0.29) is 0 Å². The molecule has 3 aromatic heterocycles. The van der Waals surface area contributed by atoms with Crippen molar-refractivity contribution in [2.45, 2.75) is 13.8 Å². The van der Waals surface area contributed by atoms with Crippen molar-refractivity contribution in [2.75, 3.05) is 11.9 Å². The molecular formula is C14H13FN4S. The topological polar surface area (TPSA) is 50.7 Å². The molecule has 3 rings (SSSR count). The third-order valence-electron chi connectivity index (χ3n) is 2.87. The molecule has 0 radical (unpaired) electrons. The summed E-state index contributed by atoms with van der Waals surface area (Å²) in [5.41, 5.74) is 0.368. The maximum Gasteiger partial charge on any atom is 0.166 e. The SMILES string of the molecule is CCNc1nc(-c2ccncc2F)nc2sc(C)cc12. The molecule has 0 aliphatic carbocycles. The Morgan fingerprint density at radius 3 is 2.95 bits per heavy atom. The predicted molar refractivity (Wildman–Crippen MR) is 79.5 cm³/mol. The fourth-order valence-corrected chi connectivity index (χ4v) is 2.90. The van der Waals surface area contributed by atoms with Crippen LogP contribution in [0, 0.1) is 12.7 Å². The summed E-state index contributed by atoms with van der Waals surface area (Å²) >= 11 is 1.58. The Bertz CT molecular complexity index is 769. The standard InChI is InChI=1S/C14H13FN4S/c1-3-17-12-10-6-8(2)20-14(10)19-13(18-12)9-4-5-16-7-11(9)15/h4-7H,3H2,1-2H3,(H,17,18,19). The molecule has 102 valence electrons. The summed E-state index contributed by atoms with van der Waals surface area (Å²) < 4.78 is 13.8. The van der Waals surface area contributed by atoms with Gasteiger partial charge in [0.15, 0.2) is 11.6 Å². The lowest BCUT2D eigenvalue weighted by Gasteiger charge is -2.07. The fourth-order valence-electron chi connectivity index (χ4n) is 2.02. The van der Waals surface area contributed by atoms with E-state index >= 15 is 0 Å². The van der Waals surface area contributed by atoms with Gasteiger partial charge in [0.25, 0.3) is 0 Å². The van der Waals surface area contributed by atoms with Crippen LogP contribution in [0.25, 0.3) is 21.6 Å². The molecule has 0 aliphatic rings. The zero-order chi connectivity index (χ0) is 14.1. The van der Waals surface area contributed by atoms with Crippen LogP contribution in [0.5, 0.6) is 0 Å². The van der Waals surface area contributed by atoms with Gasteiger partial charge in [-0.15, -0.1) is 11.3 Å². The van der Waals surface area contributed by atoms with Crippen LogP contribution >= 0.6 is 11.3 Å². The average molecular weight is 288 g/mol. The lowest BCUT2D eigenvalue weighted by atomic mass is 10.2. The van der Waals surface area contributed by atoms with Crippen LogP contribution < -0.4 is 5.32 Å². The van der Waals surface area contributed by atoms with Crippen LogP contribution in [0.1, 0.15) is 11.8 Å². The number of aryl methyl sites for hydroxylation is 1. The molecular weight excluding hydrogens is 275 g/mol. The zero-order valence-electron chi connectivity index (χ0n) is 11.1. The average Bonchev–Trinajstić information content (AvgIpc) is 2.80. The predicted octanol–water partition coefficient (Wildman–Crippen LogP) is 3.63. The van der Waals surface area contributed by atoms with Crippen molar-refractivity contribution < 1.29 is 4.39 Å². The second kappa shape index (κ2) is 5.13. The molecule has 0 bridgehead atoms. The molecule has 3 aromatic rings. The highest BCUT2D eigenvalue weighted by Gasteiger charge is 2.14. The molecule has 0 unspecified atom stereocenters. The number of fused-ring (bicyclic) bond motifs is 1. The van der Waals surface area contributed by atoms with E-state index in [4.69, 9.17) is 0 Å². The van der Waals surface area contributed by atoms with Gasteiger partial charge in [0.05, 0.1) is 17.1 Å². The Morgan fingerprint density at radius 1 is 1.35 bits per heavy atom. The van der Waals surface area contributed by atoms with Crippen molar-refractivity contribution in [1.29, 1.82) is 0 Å². The summed E-state index contributed by atoms with van der Waals surface area (Å²) in [5.74, 6) is 0.714. The molecule has 0 spiro atoms. The Balaban J connectivity index is 2.24. The monoisotopic (exact) mass is 288 g/mol. The van der Waals surface area contributed by atoms with Gasteiger partial charge in [-0.05, 0) is 26.0 Å². The lowest BCUT2D eigenvalue weighted by molar-refractivity contribution is 0.624. The molecule has 0 fully saturated rings. The quantitative estimate of drug-likeness (QED) is 0.799. The summed E-state index contributed by atoms with van der Waals surface area (Å²) in [5, 5.41) is 4.19. The van der Waals surface area contributed by atoms with Crippen LogP contribution in [-0.4, -0.2) is 21.5 Å². The van der Waals surface area contributed by atoms with Gasteiger partial charge in [0, 0.05) is 17.6 Å². The minimum Gasteiger partial charge on any atom is -0.370 e. The number of anilines is 1. The molecule has 1 N–H and O–H groups in total. The summed E-state index contributed by atoms with van der Waals surface area (Å²) in [6, 6.07) is 3.64. The largest absolute Gasteiger partial charge is 0.370 e. The molecule has 0 atom stereocenters. The number of nitrogens with zero attached hydrogens (tertiary/aromatic N) is 3. The van der Waals surface area contributed by atoms with Gasteiger partial charge >= 0.3 is 0 Å². The first kappa shape index (κ1) is 12.9. The first-order chi connectivity index (χ1) is 9.69. The molecule has 0 aromatic carbocycles. The van der Waals surface area contributed by atoms with Gasteiger partial charge in [0.2, 0.25) is 0 Å². The van der Waals surface area contributed by atoms with Gasteiger partial charge in [-0.1, -0.05) is 0 Å². The third kappa shape index (κ3) is 2.22. The van der Waals surface area contributed by atoms with Crippen molar-refractivity contribution in [1.82, 2.24) is 15.0 Å². The van der Waals surface area contributed by atoms with Crippen LogP contribution in [0.3, 0.4) is 0 Å². The highest BCUT2D eigenvalue weighted by Crippen LogP contribution is 2.31. The van der Waals surface area contributed by atoms with Gasteiger partial charge in [-0.2, -0.15) is 0 Å². The van der Waals surface area contributed by atoms with Crippen LogP contribution in [0.4, 0.5) is 10.2 Å². The highest BCUT2D eigenvalue weighted by atomic mass is 32.1. The summed E-state index contributed by atoms with van der Waals surface area (Å²) in [7, 11) is 0.